The summed E-state index contributed by atoms with van der Waals surface area (Å²) in [5, 5.41) is 11.2. The highest BCUT2D eigenvalue weighted by atomic mass is 16.2. The van der Waals surface area contributed by atoms with E-state index in [0.29, 0.717) is 11.7 Å². The molecule has 100 valence electrons. The SMILES string of the molecule is CCCC(C)N(C)C(=O)c1cn(C2CNC2)nn1. The van der Waals surface area contributed by atoms with Gasteiger partial charge in [0.1, 0.15) is 0 Å². The molecule has 0 spiro atoms. The average molecular weight is 251 g/mol. The van der Waals surface area contributed by atoms with Crippen molar-refractivity contribution in [3.8, 4) is 0 Å². The van der Waals surface area contributed by atoms with Crippen LogP contribution in [0.4, 0.5) is 0 Å². The Morgan fingerprint density at radius 1 is 1.67 bits per heavy atom. The predicted octanol–water partition coefficient (Wildman–Crippen LogP) is 0.683. The van der Waals surface area contributed by atoms with E-state index >= 15 is 0 Å². The van der Waals surface area contributed by atoms with Gasteiger partial charge in [-0.15, -0.1) is 5.10 Å². The summed E-state index contributed by atoms with van der Waals surface area (Å²) in [5.74, 6) is -0.0468. The second kappa shape index (κ2) is 5.48. The van der Waals surface area contributed by atoms with Crippen molar-refractivity contribution in [1.29, 1.82) is 0 Å². The van der Waals surface area contributed by atoms with Gasteiger partial charge in [-0.3, -0.25) is 4.79 Å². The molecule has 2 rings (SSSR count). The molecule has 6 nitrogen and oxygen atoms in total. The third-order valence-corrected chi connectivity index (χ3v) is 3.55. The molecule has 0 saturated carbocycles. The number of hydrogen-bond donors (Lipinski definition) is 1. The second-order valence-electron chi connectivity index (χ2n) is 4.95. The van der Waals surface area contributed by atoms with Crippen LogP contribution < -0.4 is 5.32 Å². The molecule has 1 atom stereocenters. The highest BCUT2D eigenvalue weighted by Crippen LogP contribution is 2.12. The van der Waals surface area contributed by atoms with Gasteiger partial charge in [0.2, 0.25) is 0 Å². The van der Waals surface area contributed by atoms with Crippen LogP contribution in [0.3, 0.4) is 0 Å². The molecular formula is C12H21N5O. The molecule has 0 bridgehead atoms. The number of hydrogen-bond acceptors (Lipinski definition) is 4. The van der Waals surface area contributed by atoms with E-state index in [-0.39, 0.29) is 11.9 Å². The van der Waals surface area contributed by atoms with Crippen LogP contribution in [0.25, 0.3) is 0 Å². The molecule has 0 radical (unpaired) electrons. The lowest BCUT2D eigenvalue weighted by Crippen LogP contribution is -2.43. The smallest absolute Gasteiger partial charge is 0.276 e. The second-order valence-corrected chi connectivity index (χ2v) is 4.95. The molecule has 18 heavy (non-hydrogen) atoms. The number of nitrogens with one attached hydrogen (secondary N) is 1. The number of carbonyl (C=O) groups excluding carboxylic acids is 1. The van der Waals surface area contributed by atoms with Crippen molar-refractivity contribution in [3.05, 3.63) is 11.9 Å². The van der Waals surface area contributed by atoms with E-state index in [1.807, 2.05) is 7.05 Å². The first-order chi connectivity index (χ1) is 8.63. The maximum atomic E-state index is 12.2. The number of nitrogens with zero attached hydrogens (tertiary/aromatic N) is 4. The number of aromatic nitrogens is 3. The fraction of sp³-hybridized carbons (Fsp3) is 0.750. The minimum absolute atomic E-state index is 0.0468. The zero-order chi connectivity index (χ0) is 13.1. The van der Waals surface area contributed by atoms with Crippen LogP contribution >= 0.6 is 0 Å². The van der Waals surface area contributed by atoms with Gasteiger partial charge in [0.05, 0.1) is 12.2 Å². The van der Waals surface area contributed by atoms with Crippen molar-refractivity contribution >= 4 is 5.91 Å². The largest absolute Gasteiger partial charge is 0.338 e. The molecule has 1 aromatic rings. The summed E-state index contributed by atoms with van der Waals surface area (Å²) < 4.78 is 1.78. The molecule has 6 heteroatoms. The van der Waals surface area contributed by atoms with E-state index in [4.69, 9.17) is 0 Å². The van der Waals surface area contributed by atoms with Crippen molar-refractivity contribution in [1.82, 2.24) is 25.2 Å². The van der Waals surface area contributed by atoms with Crippen molar-refractivity contribution < 1.29 is 4.79 Å². The first-order valence-electron chi connectivity index (χ1n) is 6.53. The quantitative estimate of drug-likeness (QED) is 0.836. The molecular weight excluding hydrogens is 230 g/mol. The molecule has 1 amide bonds. The Hall–Kier alpha value is -1.43. The fourth-order valence-corrected chi connectivity index (χ4v) is 2.01. The van der Waals surface area contributed by atoms with Gasteiger partial charge < -0.3 is 10.2 Å². The maximum Gasteiger partial charge on any atom is 0.276 e. The zero-order valence-electron chi connectivity index (χ0n) is 11.3. The predicted molar refractivity (Wildman–Crippen MR) is 68.4 cm³/mol. The van der Waals surface area contributed by atoms with Crippen LogP contribution in [-0.2, 0) is 0 Å². The van der Waals surface area contributed by atoms with E-state index in [1.165, 1.54) is 0 Å². The molecule has 1 fully saturated rings. The van der Waals surface area contributed by atoms with E-state index in [2.05, 4.69) is 29.5 Å². The van der Waals surface area contributed by atoms with Crippen LogP contribution in [0.2, 0.25) is 0 Å². The summed E-state index contributed by atoms with van der Waals surface area (Å²) in [4.78, 5) is 13.9. The number of rotatable bonds is 5. The van der Waals surface area contributed by atoms with Gasteiger partial charge in [0.15, 0.2) is 5.69 Å². The molecule has 1 aliphatic rings. The van der Waals surface area contributed by atoms with E-state index in [0.717, 1.165) is 25.9 Å². The van der Waals surface area contributed by atoms with Gasteiger partial charge >= 0.3 is 0 Å². The van der Waals surface area contributed by atoms with Crippen LogP contribution in [-0.4, -0.2) is 52.0 Å². The Balaban J connectivity index is 2.01. The molecule has 2 heterocycles. The Bertz CT molecular complexity index is 412. The summed E-state index contributed by atoms with van der Waals surface area (Å²) in [5.41, 5.74) is 0.437. The minimum Gasteiger partial charge on any atom is -0.338 e. The van der Waals surface area contributed by atoms with Crippen LogP contribution in [0, 0.1) is 0 Å². The Kier molecular flexibility index (Phi) is 3.96. The highest BCUT2D eigenvalue weighted by Gasteiger charge is 2.24. The van der Waals surface area contributed by atoms with E-state index in [1.54, 1.807) is 15.8 Å². The molecule has 0 aliphatic carbocycles. The summed E-state index contributed by atoms with van der Waals surface area (Å²) >= 11 is 0. The number of amides is 1. The van der Waals surface area contributed by atoms with Crippen LogP contribution in [0.5, 0.6) is 0 Å². The minimum atomic E-state index is -0.0468. The van der Waals surface area contributed by atoms with Gasteiger partial charge in [0, 0.05) is 26.2 Å². The Morgan fingerprint density at radius 3 is 2.94 bits per heavy atom. The molecule has 1 aromatic heterocycles. The number of carbonyl (C=O) groups is 1. The monoisotopic (exact) mass is 251 g/mol. The molecule has 0 aromatic carbocycles. The van der Waals surface area contributed by atoms with Gasteiger partial charge in [0.25, 0.3) is 5.91 Å². The summed E-state index contributed by atoms with van der Waals surface area (Å²) in [6.45, 7) is 5.98. The van der Waals surface area contributed by atoms with E-state index < -0.39 is 0 Å². The van der Waals surface area contributed by atoms with E-state index in [9.17, 15) is 4.79 Å². The summed E-state index contributed by atoms with van der Waals surface area (Å²) in [7, 11) is 1.83. The molecule has 1 unspecified atom stereocenters. The topological polar surface area (TPSA) is 63.1 Å². The van der Waals surface area contributed by atoms with Gasteiger partial charge in [-0.1, -0.05) is 18.6 Å². The molecule has 1 N–H and O–H groups in total. The van der Waals surface area contributed by atoms with Crippen LogP contribution in [0.15, 0.2) is 6.20 Å². The highest BCUT2D eigenvalue weighted by molar-refractivity contribution is 5.91. The van der Waals surface area contributed by atoms with Gasteiger partial charge in [-0.25, -0.2) is 4.68 Å². The lowest BCUT2D eigenvalue weighted by atomic mass is 10.1. The Labute approximate surface area is 107 Å². The standard InChI is InChI=1S/C12H21N5O/c1-4-5-9(2)16(3)12(18)11-8-17(15-14-11)10-6-13-7-10/h8-10,13H,4-7H2,1-3H3. The van der Waals surface area contributed by atoms with Gasteiger partial charge in [-0.2, -0.15) is 0 Å². The van der Waals surface area contributed by atoms with Crippen molar-refractivity contribution in [3.63, 3.8) is 0 Å². The molecule has 1 aliphatic heterocycles. The summed E-state index contributed by atoms with van der Waals surface area (Å²) in [6, 6.07) is 0.579. The molecule has 1 saturated heterocycles. The zero-order valence-corrected chi connectivity index (χ0v) is 11.3. The van der Waals surface area contributed by atoms with Crippen molar-refractivity contribution in [2.75, 3.05) is 20.1 Å². The maximum absolute atomic E-state index is 12.2. The van der Waals surface area contributed by atoms with Crippen molar-refractivity contribution in [2.45, 2.75) is 38.8 Å². The summed E-state index contributed by atoms with van der Waals surface area (Å²) in [6.07, 6.45) is 3.82. The fourth-order valence-electron chi connectivity index (χ4n) is 2.01. The lowest BCUT2D eigenvalue weighted by molar-refractivity contribution is 0.0730. The Morgan fingerprint density at radius 2 is 2.39 bits per heavy atom. The van der Waals surface area contributed by atoms with Gasteiger partial charge in [-0.05, 0) is 13.3 Å². The third kappa shape index (κ3) is 2.53. The van der Waals surface area contributed by atoms with Crippen molar-refractivity contribution in [2.24, 2.45) is 0 Å². The normalized spacial score (nSPS) is 17.3. The first-order valence-corrected chi connectivity index (χ1v) is 6.53. The van der Waals surface area contributed by atoms with Crippen LogP contribution in [0.1, 0.15) is 43.2 Å². The lowest BCUT2D eigenvalue weighted by Gasteiger charge is -2.26. The first kappa shape index (κ1) is 13.0. The third-order valence-electron chi connectivity index (χ3n) is 3.55. The average Bonchev–Trinajstić information content (AvgIpc) is 2.74.